The molecule has 19 heavy (non-hydrogen) atoms. The summed E-state index contributed by atoms with van der Waals surface area (Å²) in [6.07, 6.45) is 2.78. The standard InChI is InChI=1S/C15H23N3O/c1-4-16-13-5-7-17-14(9-13)15(19)18-8-6-11(2)12(3)10-18/h5,7,9,11-12H,4,6,8,10H2,1-3H3,(H,16,17). The molecule has 2 unspecified atom stereocenters. The van der Waals surface area contributed by atoms with Crippen LogP contribution in [0.2, 0.25) is 0 Å². The van der Waals surface area contributed by atoms with Crippen LogP contribution in [0.4, 0.5) is 5.69 Å². The number of nitrogens with one attached hydrogen (secondary N) is 1. The van der Waals surface area contributed by atoms with Crippen LogP contribution in [0.15, 0.2) is 18.3 Å². The lowest BCUT2D eigenvalue weighted by atomic mass is 9.88. The number of anilines is 1. The molecule has 1 aliphatic heterocycles. The average Bonchev–Trinajstić information content (AvgIpc) is 2.42. The van der Waals surface area contributed by atoms with E-state index in [4.69, 9.17) is 0 Å². The van der Waals surface area contributed by atoms with Crippen molar-refractivity contribution in [2.75, 3.05) is 25.0 Å². The number of piperidine rings is 1. The predicted molar refractivity (Wildman–Crippen MR) is 77.2 cm³/mol. The Labute approximate surface area is 115 Å². The fourth-order valence-corrected chi connectivity index (χ4v) is 2.47. The summed E-state index contributed by atoms with van der Waals surface area (Å²) in [4.78, 5) is 18.6. The van der Waals surface area contributed by atoms with Crippen molar-refractivity contribution >= 4 is 11.6 Å². The van der Waals surface area contributed by atoms with E-state index < -0.39 is 0 Å². The lowest BCUT2D eigenvalue weighted by Crippen LogP contribution is -2.42. The molecule has 4 heteroatoms. The summed E-state index contributed by atoms with van der Waals surface area (Å²) in [6, 6.07) is 3.73. The van der Waals surface area contributed by atoms with Gasteiger partial charge in [-0.15, -0.1) is 0 Å². The molecule has 0 spiro atoms. The van der Waals surface area contributed by atoms with Gasteiger partial charge in [-0.1, -0.05) is 13.8 Å². The highest BCUT2D eigenvalue weighted by molar-refractivity contribution is 5.93. The van der Waals surface area contributed by atoms with E-state index in [0.717, 1.165) is 31.7 Å². The van der Waals surface area contributed by atoms with Crippen LogP contribution in [0.1, 0.15) is 37.7 Å². The van der Waals surface area contributed by atoms with Crippen LogP contribution in [-0.4, -0.2) is 35.4 Å². The molecule has 1 aromatic rings. The molecule has 0 bridgehead atoms. The molecule has 1 N–H and O–H groups in total. The van der Waals surface area contributed by atoms with Gasteiger partial charge in [0.25, 0.3) is 5.91 Å². The van der Waals surface area contributed by atoms with Crippen molar-refractivity contribution < 1.29 is 4.79 Å². The minimum Gasteiger partial charge on any atom is -0.385 e. The average molecular weight is 261 g/mol. The number of amides is 1. The number of aromatic nitrogens is 1. The zero-order valence-electron chi connectivity index (χ0n) is 12.0. The van der Waals surface area contributed by atoms with Crippen LogP contribution >= 0.6 is 0 Å². The van der Waals surface area contributed by atoms with Crippen LogP contribution in [0.25, 0.3) is 0 Å². The molecule has 0 radical (unpaired) electrons. The number of carbonyl (C=O) groups is 1. The number of carbonyl (C=O) groups excluding carboxylic acids is 1. The van der Waals surface area contributed by atoms with Gasteiger partial charge in [-0.05, 0) is 37.3 Å². The topological polar surface area (TPSA) is 45.2 Å². The minimum atomic E-state index is 0.0542. The van der Waals surface area contributed by atoms with Crippen molar-refractivity contribution in [3.05, 3.63) is 24.0 Å². The molecule has 1 saturated heterocycles. The van der Waals surface area contributed by atoms with E-state index in [1.165, 1.54) is 0 Å². The first-order valence-electron chi connectivity index (χ1n) is 7.11. The zero-order valence-corrected chi connectivity index (χ0v) is 12.0. The van der Waals surface area contributed by atoms with Gasteiger partial charge >= 0.3 is 0 Å². The number of hydrogen-bond acceptors (Lipinski definition) is 3. The predicted octanol–water partition coefficient (Wildman–Crippen LogP) is 2.63. The Bertz CT molecular complexity index is 447. The third-order valence-corrected chi connectivity index (χ3v) is 3.98. The van der Waals surface area contributed by atoms with E-state index in [2.05, 4.69) is 24.1 Å². The molecule has 4 nitrogen and oxygen atoms in total. The molecule has 1 fully saturated rings. The fraction of sp³-hybridized carbons (Fsp3) is 0.600. The number of nitrogens with zero attached hydrogens (tertiary/aromatic N) is 2. The Kier molecular flexibility index (Phi) is 4.40. The monoisotopic (exact) mass is 261 g/mol. The van der Waals surface area contributed by atoms with Crippen LogP contribution in [0, 0.1) is 11.8 Å². The Morgan fingerprint density at radius 3 is 2.95 bits per heavy atom. The highest BCUT2D eigenvalue weighted by Gasteiger charge is 2.27. The van der Waals surface area contributed by atoms with Gasteiger partial charge in [-0.2, -0.15) is 0 Å². The summed E-state index contributed by atoms with van der Waals surface area (Å²) in [7, 11) is 0. The molecule has 0 aromatic carbocycles. The SMILES string of the molecule is CCNc1ccnc(C(=O)N2CCC(C)C(C)C2)c1. The molecule has 1 amide bonds. The Morgan fingerprint density at radius 1 is 1.47 bits per heavy atom. The van der Waals surface area contributed by atoms with E-state index >= 15 is 0 Å². The number of pyridine rings is 1. The Morgan fingerprint density at radius 2 is 2.26 bits per heavy atom. The summed E-state index contributed by atoms with van der Waals surface area (Å²) >= 11 is 0. The smallest absolute Gasteiger partial charge is 0.272 e. The lowest BCUT2D eigenvalue weighted by Gasteiger charge is -2.35. The summed E-state index contributed by atoms with van der Waals surface area (Å²) < 4.78 is 0. The molecule has 104 valence electrons. The second kappa shape index (κ2) is 6.04. The summed E-state index contributed by atoms with van der Waals surface area (Å²) in [5, 5.41) is 3.21. The molecular formula is C15H23N3O. The van der Waals surface area contributed by atoms with Gasteiger partial charge in [-0.3, -0.25) is 9.78 Å². The van der Waals surface area contributed by atoms with E-state index in [1.54, 1.807) is 6.20 Å². The van der Waals surface area contributed by atoms with Crippen molar-refractivity contribution in [2.24, 2.45) is 11.8 Å². The van der Waals surface area contributed by atoms with Crippen LogP contribution in [0.5, 0.6) is 0 Å². The number of rotatable bonds is 3. The van der Waals surface area contributed by atoms with Gasteiger partial charge in [0, 0.05) is 31.5 Å². The summed E-state index contributed by atoms with van der Waals surface area (Å²) in [6.45, 7) is 9.04. The fourth-order valence-electron chi connectivity index (χ4n) is 2.47. The van der Waals surface area contributed by atoms with Gasteiger partial charge < -0.3 is 10.2 Å². The molecule has 2 rings (SSSR count). The second-order valence-corrected chi connectivity index (χ2v) is 5.45. The highest BCUT2D eigenvalue weighted by Crippen LogP contribution is 2.23. The molecule has 0 aliphatic carbocycles. The molecule has 2 heterocycles. The first-order valence-corrected chi connectivity index (χ1v) is 7.11. The van der Waals surface area contributed by atoms with Crippen molar-refractivity contribution in [1.29, 1.82) is 0 Å². The summed E-state index contributed by atoms with van der Waals surface area (Å²) in [5.74, 6) is 1.32. The minimum absolute atomic E-state index is 0.0542. The lowest BCUT2D eigenvalue weighted by molar-refractivity contribution is 0.0621. The van der Waals surface area contributed by atoms with Crippen LogP contribution in [0.3, 0.4) is 0 Å². The molecule has 1 aromatic heterocycles. The van der Waals surface area contributed by atoms with Gasteiger partial charge in [0.2, 0.25) is 0 Å². The maximum atomic E-state index is 12.4. The van der Waals surface area contributed by atoms with E-state index in [1.807, 2.05) is 24.0 Å². The molecule has 0 saturated carbocycles. The molecule has 1 aliphatic rings. The zero-order chi connectivity index (χ0) is 13.8. The van der Waals surface area contributed by atoms with Crippen molar-refractivity contribution in [3.8, 4) is 0 Å². The largest absolute Gasteiger partial charge is 0.385 e. The van der Waals surface area contributed by atoms with Crippen molar-refractivity contribution in [2.45, 2.75) is 27.2 Å². The van der Waals surface area contributed by atoms with Gasteiger partial charge in [0.15, 0.2) is 0 Å². The Balaban J connectivity index is 2.09. The normalized spacial score (nSPS) is 23.2. The maximum absolute atomic E-state index is 12.4. The van der Waals surface area contributed by atoms with Crippen molar-refractivity contribution in [3.63, 3.8) is 0 Å². The van der Waals surface area contributed by atoms with Crippen molar-refractivity contribution in [1.82, 2.24) is 9.88 Å². The van der Waals surface area contributed by atoms with Crippen LogP contribution < -0.4 is 5.32 Å². The van der Waals surface area contributed by atoms with Gasteiger partial charge in [-0.25, -0.2) is 0 Å². The first-order chi connectivity index (χ1) is 9.11. The van der Waals surface area contributed by atoms with Gasteiger partial charge in [0.1, 0.15) is 5.69 Å². The highest BCUT2D eigenvalue weighted by atomic mass is 16.2. The number of likely N-dealkylation sites (tertiary alicyclic amines) is 1. The molecular weight excluding hydrogens is 238 g/mol. The number of hydrogen-bond donors (Lipinski definition) is 1. The van der Waals surface area contributed by atoms with Crippen LogP contribution in [-0.2, 0) is 0 Å². The summed E-state index contributed by atoms with van der Waals surface area (Å²) in [5.41, 5.74) is 1.50. The van der Waals surface area contributed by atoms with E-state index in [-0.39, 0.29) is 5.91 Å². The third kappa shape index (κ3) is 3.25. The molecule has 2 atom stereocenters. The van der Waals surface area contributed by atoms with E-state index in [0.29, 0.717) is 17.5 Å². The second-order valence-electron chi connectivity index (χ2n) is 5.45. The quantitative estimate of drug-likeness (QED) is 0.909. The first kappa shape index (κ1) is 13.8. The van der Waals surface area contributed by atoms with Gasteiger partial charge in [0.05, 0.1) is 0 Å². The maximum Gasteiger partial charge on any atom is 0.272 e. The Hall–Kier alpha value is -1.58. The third-order valence-electron chi connectivity index (χ3n) is 3.98. The van der Waals surface area contributed by atoms with E-state index in [9.17, 15) is 4.79 Å².